The summed E-state index contributed by atoms with van der Waals surface area (Å²) in [6.07, 6.45) is 4.90. The lowest BCUT2D eigenvalue weighted by atomic mass is 10.3. The van der Waals surface area contributed by atoms with E-state index in [4.69, 9.17) is 9.47 Å². The van der Waals surface area contributed by atoms with Crippen molar-refractivity contribution < 1.29 is 9.47 Å². The Bertz CT molecular complexity index is 90.1. The maximum Gasteiger partial charge on any atom is 0.0836 e. The molecule has 11 heavy (non-hydrogen) atoms. The molecule has 0 spiro atoms. The molecule has 0 radical (unpaired) electrons. The fourth-order valence-corrected chi connectivity index (χ4v) is 1.17. The van der Waals surface area contributed by atoms with Crippen LogP contribution in [-0.4, -0.2) is 25.4 Å². The lowest BCUT2D eigenvalue weighted by Crippen LogP contribution is -1.81. The van der Waals surface area contributed by atoms with E-state index in [2.05, 4.69) is 13.8 Å². The van der Waals surface area contributed by atoms with Crippen molar-refractivity contribution >= 4 is 0 Å². The minimum atomic E-state index is 0.565. The summed E-state index contributed by atoms with van der Waals surface area (Å²) in [5.41, 5.74) is 0. The van der Waals surface area contributed by atoms with Crippen molar-refractivity contribution in [2.24, 2.45) is 0 Å². The normalized spacial score (nSPS) is 34.4. The number of rotatable bonds is 1. The molecule has 2 rings (SSSR count). The van der Waals surface area contributed by atoms with Crippen LogP contribution in [0.1, 0.15) is 33.1 Å². The zero-order chi connectivity index (χ0) is 8.10. The highest BCUT2D eigenvalue weighted by Crippen LogP contribution is 2.23. The van der Waals surface area contributed by atoms with Crippen molar-refractivity contribution in [1.82, 2.24) is 0 Å². The van der Waals surface area contributed by atoms with E-state index >= 15 is 0 Å². The average Bonchev–Trinajstić information content (AvgIpc) is 2.60. The SMILES string of the molecule is C1CCOC1.CCC1OC1C. The van der Waals surface area contributed by atoms with Gasteiger partial charge in [-0.3, -0.25) is 0 Å². The van der Waals surface area contributed by atoms with E-state index in [1.807, 2.05) is 0 Å². The zero-order valence-electron chi connectivity index (χ0n) is 7.51. The van der Waals surface area contributed by atoms with Gasteiger partial charge in [0.25, 0.3) is 0 Å². The molecule has 2 aliphatic heterocycles. The molecule has 0 N–H and O–H groups in total. The summed E-state index contributed by atoms with van der Waals surface area (Å²) >= 11 is 0. The number of epoxide rings is 1. The molecule has 0 aromatic carbocycles. The van der Waals surface area contributed by atoms with Gasteiger partial charge in [-0.15, -0.1) is 0 Å². The molecule has 0 aliphatic carbocycles. The van der Waals surface area contributed by atoms with Crippen LogP contribution in [0.2, 0.25) is 0 Å². The van der Waals surface area contributed by atoms with Crippen LogP contribution in [0.3, 0.4) is 0 Å². The van der Waals surface area contributed by atoms with Gasteiger partial charge in [0.2, 0.25) is 0 Å². The topological polar surface area (TPSA) is 21.8 Å². The van der Waals surface area contributed by atoms with Crippen LogP contribution in [0.4, 0.5) is 0 Å². The molecule has 2 aliphatic rings. The Kier molecular flexibility index (Phi) is 3.87. The van der Waals surface area contributed by atoms with E-state index in [1.54, 1.807) is 0 Å². The molecule has 0 aromatic heterocycles. The van der Waals surface area contributed by atoms with Crippen LogP contribution in [-0.2, 0) is 9.47 Å². The van der Waals surface area contributed by atoms with Gasteiger partial charge in [0.15, 0.2) is 0 Å². The molecule has 2 unspecified atom stereocenters. The monoisotopic (exact) mass is 158 g/mol. The third-order valence-electron chi connectivity index (χ3n) is 2.07. The van der Waals surface area contributed by atoms with Gasteiger partial charge in [-0.25, -0.2) is 0 Å². The van der Waals surface area contributed by atoms with Crippen LogP contribution in [0.25, 0.3) is 0 Å². The Morgan fingerprint density at radius 2 is 1.82 bits per heavy atom. The van der Waals surface area contributed by atoms with Crippen molar-refractivity contribution in [3.05, 3.63) is 0 Å². The van der Waals surface area contributed by atoms with E-state index in [1.165, 1.54) is 19.3 Å². The fraction of sp³-hybridized carbons (Fsp3) is 1.00. The zero-order valence-corrected chi connectivity index (χ0v) is 7.51. The summed E-state index contributed by atoms with van der Waals surface area (Å²) in [5.74, 6) is 0. The summed E-state index contributed by atoms with van der Waals surface area (Å²) in [6, 6.07) is 0. The highest BCUT2D eigenvalue weighted by atomic mass is 16.6. The van der Waals surface area contributed by atoms with E-state index in [-0.39, 0.29) is 0 Å². The van der Waals surface area contributed by atoms with E-state index in [0.717, 1.165) is 13.2 Å². The summed E-state index contributed by atoms with van der Waals surface area (Å²) in [5, 5.41) is 0. The first-order chi connectivity index (χ1) is 5.34. The van der Waals surface area contributed by atoms with Crippen LogP contribution in [0, 0.1) is 0 Å². The second-order valence-corrected chi connectivity index (χ2v) is 3.11. The Morgan fingerprint density at radius 1 is 1.27 bits per heavy atom. The molecule has 66 valence electrons. The van der Waals surface area contributed by atoms with E-state index in [9.17, 15) is 0 Å². The van der Waals surface area contributed by atoms with Gasteiger partial charge in [0.05, 0.1) is 12.2 Å². The molecule has 0 saturated carbocycles. The van der Waals surface area contributed by atoms with Gasteiger partial charge in [-0.05, 0) is 26.2 Å². The van der Waals surface area contributed by atoms with Crippen molar-refractivity contribution in [2.45, 2.75) is 45.3 Å². The Morgan fingerprint density at radius 3 is 1.91 bits per heavy atom. The molecule has 2 saturated heterocycles. The van der Waals surface area contributed by atoms with Crippen LogP contribution in [0.15, 0.2) is 0 Å². The molecule has 2 heterocycles. The maximum absolute atomic E-state index is 5.07. The van der Waals surface area contributed by atoms with Crippen LogP contribution in [0.5, 0.6) is 0 Å². The molecule has 2 nitrogen and oxygen atoms in total. The minimum Gasteiger partial charge on any atom is -0.381 e. The van der Waals surface area contributed by atoms with Crippen molar-refractivity contribution in [3.8, 4) is 0 Å². The Hall–Kier alpha value is -0.0800. The molecule has 2 fully saturated rings. The van der Waals surface area contributed by atoms with Crippen molar-refractivity contribution in [2.75, 3.05) is 13.2 Å². The highest BCUT2D eigenvalue weighted by Gasteiger charge is 2.31. The van der Waals surface area contributed by atoms with Gasteiger partial charge >= 0.3 is 0 Å². The Labute approximate surface area is 68.9 Å². The Balaban J connectivity index is 0.000000112. The smallest absolute Gasteiger partial charge is 0.0836 e. The van der Waals surface area contributed by atoms with Gasteiger partial charge in [-0.2, -0.15) is 0 Å². The molecule has 0 bridgehead atoms. The first-order valence-corrected chi connectivity index (χ1v) is 4.57. The average molecular weight is 158 g/mol. The molecule has 2 atom stereocenters. The van der Waals surface area contributed by atoms with E-state index in [0.29, 0.717) is 12.2 Å². The first kappa shape index (κ1) is 9.01. The van der Waals surface area contributed by atoms with Gasteiger partial charge in [0, 0.05) is 13.2 Å². The predicted molar refractivity (Wildman–Crippen MR) is 44.7 cm³/mol. The molecule has 0 aromatic rings. The van der Waals surface area contributed by atoms with Gasteiger partial charge in [0.1, 0.15) is 0 Å². The predicted octanol–water partition coefficient (Wildman–Crippen LogP) is 1.98. The molecular weight excluding hydrogens is 140 g/mol. The summed E-state index contributed by atoms with van der Waals surface area (Å²) in [6.45, 7) is 6.25. The summed E-state index contributed by atoms with van der Waals surface area (Å²) < 4.78 is 10.0. The number of hydrogen-bond acceptors (Lipinski definition) is 2. The van der Waals surface area contributed by atoms with Crippen LogP contribution >= 0.6 is 0 Å². The summed E-state index contributed by atoms with van der Waals surface area (Å²) in [7, 11) is 0. The van der Waals surface area contributed by atoms with Crippen molar-refractivity contribution in [1.29, 1.82) is 0 Å². The minimum absolute atomic E-state index is 0.565. The summed E-state index contributed by atoms with van der Waals surface area (Å²) in [4.78, 5) is 0. The highest BCUT2D eigenvalue weighted by molar-refractivity contribution is 4.77. The molecular formula is C9H18O2. The largest absolute Gasteiger partial charge is 0.381 e. The molecule has 2 heteroatoms. The fourth-order valence-electron chi connectivity index (χ4n) is 1.17. The van der Waals surface area contributed by atoms with Crippen LogP contribution < -0.4 is 0 Å². The quantitative estimate of drug-likeness (QED) is 0.544. The van der Waals surface area contributed by atoms with Gasteiger partial charge in [-0.1, -0.05) is 6.92 Å². The first-order valence-electron chi connectivity index (χ1n) is 4.57. The lowest BCUT2D eigenvalue weighted by molar-refractivity contribution is 0.198. The van der Waals surface area contributed by atoms with E-state index < -0.39 is 0 Å². The van der Waals surface area contributed by atoms with Crippen molar-refractivity contribution in [3.63, 3.8) is 0 Å². The van der Waals surface area contributed by atoms with Gasteiger partial charge < -0.3 is 9.47 Å². The lowest BCUT2D eigenvalue weighted by Gasteiger charge is -1.76. The number of ether oxygens (including phenoxy) is 2. The molecule has 0 amide bonds. The maximum atomic E-state index is 5.07. The second-order valence-electron chi connectivity index (χ2n) is 3.11. The standard InChI is InChI=1S/C5H10O.C4H8O/c1-3-5-4(2)6-5;1-2-4-5-3-1/h4-5H,3H2,1-2H3;1-4H2. The third kappa shape index (κ3) is 3.73. The second kappa shape index (κ2) is 4.73. The third-order valence-corrected chi connectivity index (χ3v) is 2.07. The number of hydrogen-bond donors (Lipinski definition) is 0.